The Kier molecular flexibility index (Phi) is 5.83. The first kappa shape index (κ1) is 15.3. The summed E-state index contributed by atoms with van der Waals surface area (Å²) < 4.78 is 5.89. The standard InChI is InChI=1S/C16H27N3O/c1-14-13-18(3)7-8-19(14)9-10-20-16-6-4-5-15(11-16)12-17-2/h4-6,11,14,17H,7-10,12-13H2,1-3H3. The van der Waals surface area contributed by atoms with Crippen LogP contribution < -0.4 is 10.1 Å². The molecule has 1 aliphatic heterocycles. The van der Waals surface area contributed by atoms with Crippen molar-refractivity contribution in [3.8, 4) is 5.75 Å². The maximum Gasteiger partial charge on any atom is 0.119 e. The van der Waals surface area contributed by atoms with Crippen molar-refractivity contribution in [1.82, 2.24) is 15.1 Å². The molecule has 1 N–H and O–H groups in total. The van der Waals surface area contributed by atoms with E-state index >= 15 is 0 Å². The lowest BCUT2D eigenvalue weighted by molar-refractivity contribution is 0.0858. The van der Waals surface area contributed by atoms with Gasteiger partial charge in [-0.25, -0.2) is 0 Å². The summed E-state index contributed by atoms with van der Waals surface area (Å²) >= 11 is 0. The molecular weight excluding hydrogens is 250 g/mol. The fourth-order valence-electron chi connectivity index (χ4n) is 2.74. The Bertz CT molecular complexity index is 410. The van der Waals surface area contributed by atoms with E-state index in [0.717, 1.165) is 45.1 Å². The maximum atomic E-state index is 5.89. The predicted octanol–water partition coefficient (Wildman–Crippen LogP) is 1.42. The van der Waals surface area contributed by atoms with Gasteiger partial charge in [-0.15, -0.1) is 0 Å². The third-order valence-electron chi connectivity index (χ3n) is 3.89. The van der Waals surface area contributed by atoms with E-state index in [1.807, 2.05) is 13.1 Å². The van der Waals surface area contributed by atoms with Gasteiger partial charge in [0.2, 0.25) is 0 Å². The Morgan fingerprint density at radius 3 is 2.95 bits per heavy atom. The number of hydrogen-bond donors (Lipinski definition) is 1. The highest BCUT2D eigenvalue weighted by molar-refractivity contribution is 5.28. The van der Waals surface area contributed by atoms with Crippen molar-refractivity contribution in [2.24, 2.45) is 0 Å². The number of nitrogens with one attached hydrogen (secondary N) is 1. The van der Waals surface area contributed by atoms with Crippen LogP contribution in [0, 0.1) is 0 Å². The van der Waals surface area contributed by atoms with Crippen molar-refractivity contribution in [3.63, 3.8) is 0 Å². The molecule has 1 aliphatic rings. The highest BCUT2D eigenvalue weighted by Crippen LogP contribution is 2.14. The van der Waals surface area contributed by atoms with Gasteiger partial charge in [0.05, 0.1) is 0 Å². The largest absolute Gasteiger partial charge is 0.492 e. The zero-order chi connectivity index (χ0) is 14.4. The first-order chi connectivity index (χ1) is 9.69. The minimum Gasteiger partial charge on any atom is -0.492 e. The average Bonchev–Trinajstić information content (AvgIpc) is 2.42. The molecule has 1 aromatic rings. The van der Waals surface area contributed by atoms with Gasteiger partial charge in [-0.3, -0.25) is 4.90 Å². The fraction of sp³-hybridized carbons (Fsp3) is 0.625. The lowest BCUT2D eigenvalue weighted by atomic mass is 10.2. The normalized spacial score (nSPS) is 21.1. The molecule has 1 unspecified atom stereocenters. The van der Waals surface area contributed by atoms with Crippen molar-refractivity contribution in [2.45, 2.75) is 19.5 Å². The minimum atomic E-state index is 0.618. The first-order valence-electron chi connectivity index (χ1n) is 7.48. The van der Waals surface area contributed by atoms with E-state index in [1.165, 1.54) is 5.56 Å². The zero-order valence-corrected chi connectivity index (χ0v) is 12.9. The number of ether oxygens (including phenoxy) is 1. The van der Waals surface area contributed by atoms with Crippen LogP contribution in [0.25, 0.3) is 0 Å². The minimum absolute atomic E-state index is 0.618. The summed E-state index contributed by atoms with van der Waals surface area (Å²) in [6.45, 7) is 8.39. The Morgan fingerprint density at radius 2 is 2.20 bits per heavy atom. The van der Waals surface area contributed by atoms with Crippen LogP contribution in [0.5, 0.6) is 5.75 Å². The molecule has 4 heteroatoms. The molecule has 0 aromatic heterocycles. The van der Waals surface area contributed by atoms with Crippen LogP contribution in [-0.4, -0.2) is 62.7 Å². The SMILES string of the molecule is CNCc1cccc(OCCN2CCN(C)CC2C)c1. The molecule has 0 amide bonds. The van der Waals surface area contributed by atoms with Crippen LogP contribution in [0.15, 0.2) is 24.3 Å². The van der Waals surface area contributed by atoms with Gasteiger partial charge in [0.25, 0.3) is 0 Å². The van der Waals surface area contributed by atoms with Crippen LogP contribution in [-0.2, 0) is 6.54 Å². The lowest BCUT2D eigenvalue weighted by Crippen LogP contribution is -2.51. The van der Waals surface area contributed by atoms with Crippen LogP contribution in [0.2, 0.25) is 0 Å². The molecule has 1 fully saturated rings. The number of piperazine rings is 1. The van der Waals surface area contributed by atoms with Gasteiger partial charge in [0.15, 0.2) is 0 Å². The van der Waals surface area contributed by atoms with E-state index in [1.54, 1.807) is 0 Å². The Morgan fingerprint density at radius 1 is 1.35 bits per heavy atom. The number of nitrogens with zero attached hydrogens (tertiary/aromatic N) is 2. The highest BCUT2D eigenvalue weighted by Gasteiger charge is 2.20. The van der Waals surface area contributed by atoms with Gasteiger partial charge in [-0.2, -0.15) is 0 Å². The first-order valence-corrected chi connectivity index (χ1v) is 7.48. The summed E-state index contributed by atoms with van der Waals surface area (Å²) in [7, 11) is 4.15. The molecule has 0 saturated carbocycles. The lowest BCUT2D eigenvalue weighted by Gasteiger charge is -2.38. The highest BCUT2D eigenvalue weighted by atomic mass is 16.5. The molecule has 0 bridgehead atoms. The Labute approximate surface area is 122 Å². The summed E-state index contributed by atoms with van der Waals surface area (Å²) in [6.07, 6.45) is 0. The Hall–Kier alpha value is -1.10. The molecule has 1 saturated heterocycles. The summed E-state index contributed by atoms with van der Waals surface area (Å²) in [4.78, 5) is 4.90. The molecule has 1 atom stereocenters. The second kappa shape index (κ2) is 7.62. The molecule has 20 heavy (non-hydrogen) atoms. The molecule has 1 heterocycles. The van der Waals surface area contributed by atoms with Gasteiger partial charge in [0, 0.05) is 38.8 Å². The third-order valence-corrected chi connectivity index (χ3v) is 3.89. The van der Waals surface area contributed by atoms with Gasteiger partial charge >= 0.3 is 0 Å². The van der Waals surface area contributed by atoms with Crippen molar-refractivity contribution in [1.29, 1.82) is 0 Å². The molecule has 2 rings (SSSR count). The quantitative estimate of drug-likeness (QED) is 0.851. The van der Waals surface area contributed by atoms with Gasteiger partial charge < -0.3 is 15.0 Å². The predicted molar refractivity (Wildman–Crippen MR) is 83.2 cm³/mol. The van der Waals surface area contributed by atoms with Crippen molar-refractivity contribution in [2.75, 3.05) is 46.9 Å². The summed E-state index contributed by atoms with van der Waals surface area (Å²) in [5.74, 6) is 0.972. The molecular formula is C16H27N3O. The van der Waals surface area contributed by atoms with E-state index in [0.29, 0.717) is 6.04 Å². The molecule has 1 aromatic carbocycles. The monoisotopic (exact) mass is 277 g/mol. The number of rotatable bonds is 6. The van der Waals surface area contributed by atoms with Crippen LogP contribution in [0.1, 0.15) is 12.5 Å². The van der Waals surface area contributed by atoms with E-state index in [-0.39, 0.29) is 0 Å². The zero-order valence-electron chi connectivity index (χ0n) is 12.9. The fourth-order valence-corrected chi connectivity index (χ4v) is 2.74. The summed E-state index contributed by atoms with van der Waals surface area (Å²) in [5.41, 5.74) is 1.26. The van der Waals surface area contributed by atoms with E-state index in [2.05, 4.69) is 47.3 Å². The smallest absolute Gasteiger partial charge is 0.119 e. The summed E-state index contributed by atoms with van der Waals surface area (Å²) in [6, 6.07) is 8.94. The van der Waals surface area contributed by atoms with E-state index in [9.17, 15) is 0 Å². The van der Waals surface area contributed by atoms with Crippen molar-refractivity contribution < 1.29 is 4.74 Å². The van der Waals surface area contributed by atoms with E-state index in [4.69, 9.17) is 4.74 Å². The second-order valence-corrected chi connectivity index (χ2v) is 5.67. The Balaban J connectivity index is 1.76. The van der Waals surface area contributed by atoms with Gasteiger partial charge in [-0.1, -0.05) is 12.1 Å². The van der Waals surface area contributed by atoms with Crippen LogP contribution in [0.3, 0.4) is 0 Å². The number of benzene rings is 1. The average molecular weight is 277 g/mol. The molecule has 4 nitrogen and oxygen atoms in total. The summed E-state index contributed by atoms with van der Waals surface area (Å²) in [5, 5.41) is 3.16. The molecule has 112 valence electrons. The second-order valence-electron chi connectivity index (χ2n) is 5.67. The van der Waals surface area contributed by atoms with Crippen LogP contribution in [0.4, 0.5) is 0 Å². The molecule has 0 spiro atoms. The molecule has 0 radical (unpaired) electrons. The number of hydrogen-bond acceptors (Lipinski definition) is 4. The topological polar surface area (TPSA) is 27.7 Å². The molecule has 0 aliphatic carbocycles. The van der Waals surface area contributed by atoms with Crippen LogP contribution >= 0.6 is 0 Å². The van der Waals surface area contributed by atoms with Crippen molar-refractivity contribution >= 4 is 0 Å². The van der Waals surface area contributed by atoms with Gasteiger partial charge in [0.1, 0.15) is 12.4 Å². The van der Waals surface area contributed by atoms with E-state index < -0.39 is 0 Å². The van der Waals surface area contributed by atoms with Crippen molar-refractivity contribution in [3.05, 3.63) is 29.8 Å². The van der Waals surface area contributed by atoms with Gasteiger partial charge in [-0.05, 0) is 38.7 Å². The third kappa shape index (κ3) is 4.47. The maximum absolute atomic E-state index is 5.89. The number of likely N-dealkylation sites (N-methyl/N-ethyl adjacent to an activating group) is 1.